The summed E-state index contributed by atoms with van der Waals surface area (Å²) in [6, 6.07) is 10.3. The van der Waals surface area contributed by atoms with Gasteiger partial charge < -0.3 is 5.32 Å². The highest BCUT2D eigenvalue weighted by Crippen LogP contribution is 2.13. The molecule has 0 radical (unpaired) electrons. The van der Waals surface area contributed by atoms with Crippen LogP contribution in [0.1, 0.15) is 16.1 Å². The molecule has 0 fully saturated rings. The van der Waals surface area contributed by atoms with Gasteiger partial charge in [0, 0.05) is 11.9 Å². The number of hydrogen-bond donors (Lipinski definition) is 1. The number of rotatable bonds is 2. The lowest BCUT2D eigenvalue weighted by Gasteiger charge is -2.05. The molecule has 0 unspecified atom stereocenters. The number of carbonyl (C=O) groups excluding carboxylic acids is 1. The molecule has 0 bridgehead atoms. The van der Waals surface area contributed by atoms with Crippen LogP contribution in [-0.2, 0) is 0 Å². The number of imidazole rings is 1. The van der Waals surface area contributed by atoms with Crippen LogP contribution in [0.5, 0.6) is 0 Å². The molecule has 0 spiro atoms. The van der Waals surface area contributed by atoms with Gasteiger partial charge in [-0.05, 0) is 36.8 Å². The van der Waals surface area contributed by atoms with Crippen molar-refractivity contribution in [3.05, 3.63) is 65.9 Å². The molecule has 0 aliphatic carbocycles. The number of benzene rings is 1. The lowest BCUT2D eigenvalue weighted by molar-refractivity contribution is 0.102. The van der Waals surface area contributed by atoms with E-state index < -0.39 is 5.82 Å². The fraction of sp³-hybridized carbons (Fsp3) is 0.0667. The van der Waals surface area contributed by atoms with Gasteiger partial charge in [0.25, 0.3) is 5.91 Å². The Hall–Kier alpha value is -2.69. The zero-order chi connectivity index (χ0) is 14.1. The van der Waals surface area contributed by atoms with Crippen LogP contribution in [0.2, 0.25) is 0 Å². The van der Waals surface area contributed by atoms with Gasteiger partial charge in [0.15, 0.2) is 0 Å². The Bertz CT molecular complexity index is 795. The number of carbonyl (C=O) groups is 1. The number of hydrogen-bond acceptors (Lipinski definition) is 2. The number of aromatic nitrogens is 2. The Morgan fingerprint density at radius 3 is 2.95 bits per heavy atom. The van der Waals surface area contributed by atoms with E-state index in [2.05, 4.69) is 10.3 Å². The smallest absolute Gasteiger partial charge is 0.274 e. The molecular weight excluding hydrogens is 257 g/mol. The number of aryl methyl sites for hydroxylation is 1. The van der Waals surface area contributed by atoms with E-state index in [1.807, 2.05) is 25.1 Å². The molecule has 3 aromatic rings. The predicted octanol–water partition coefficient (Wildman–Crippen LogP) is 3.03. The van der Waals surface area contributed by atoms with Gasteiger partial charge >= 0.3 is 0 Å². The van der Waals surface area contributed by atoms with Crippen molar-refractivity contribution in [2.24, 2.45) is 0 Å². The average Bonchev–Trinajstić information content (AvgIpc) is 2.81. The molecule has 1 N–H and O–H groups in total. The second kappa shape index (κ2) is 4.77. The minimum atomic E-state index is -0.417. The Kier molecular flexibility index (Phi) is 2.95. The van der Waals surface area contributed by atoms with E-state index in [0.717, 1.165) is 5.56 Å². The monoisotopic (exact) mass is 269 g/mol. The second-order valence-corrected chi connectivity index (χ2v) is 4.54. The third kappa shape index (κ3) is 2.25. The van der Waals surface area contributed by atoms with Crippen LogP contribution in [0.25, 0.3) is 5.65 Å². The molecule has 0 aliphatic rings. The van der Waals surface area contributed by atoms with Crippen molar-refractivity contribution in [2.75, 3.05) is 5.32 Å². The first-order valence-electron chi connectivity index (χ1n) is 6.14. The topological polar surface area (TPSA) is 46.4 Å². The van der Waals surface area contributed by atoms with Crippen molar-refractivity contribution in [2.45, 2.75) is 6.92 Å². The number of nitrogens with zero attached hydrogens (tertiary/aromatic N) is 2. The maximum atomic E-state index is 13.3. The lowest BCUT2D eigenvalue weighted by atomic mass is 10.2. The summed E-state index contributed by atoms with van der Waals surface area (Å²) >= 11 is 0. The molecule has 2 heterocycles. The average molecular weight is 269 g/mol. The van der Waals surface area contributed by atoms with E-state index in [9.17, 15) is 9.18 Å². The molecule has 0 aliphatic heterocycles. The Morgan fingerprint density at radius 1 is 1.30 bits per heavy atom. The van der Waals surface area contributed by atoms with E-state index in [1.165, 1.54) is 28.9 Å². The highest BCUT2D eigenvalue weighted by Gasteiger charge is 2.12. The molecule has 4 nitrogen and oxygen atoms in total. The molecule has 0 saturated heterocycles. The number of nitrogens with one attached hydrogen (secondary N) is 1. The molecule has 2 aromatic heterocycles. The van der Waals surface area contributed by atoms with Crippen LogP contribution in [-0.4, -0.2) is 15.3 Å². The normalized spacial score (nSPS) is 10.7. The summed E-state index contributed by atoms with van der Waals surface area (Å²) in [7, 11) is 0. The van der Waals surface area contributed by atoms with Crippen LogP contribution in [0.3, 0.4) is 0 Å². The van der Waals surface area contributed by atoms with Crippen molar-refractivity contribution in [1.29, 1.82) is 0 Å². The van der Waals surface area contributed by atoms with Crippen molar-refractivity contribution >= 4 is 17.2 Å². The summed E-state index contributed by atoms with van der Waals surface area (Å²) in [5.74, 6) is -0.742. The van der Waals surface area contributed by atoms with E-state index in [0.29, 0.717) is 17.0 Å². The molecule has 1 amide bonds. The van der Waals surface area contributed by atoms with Crippen molar-refractivity contribution in [1.82, 2.24) is 9.38 Å². The predicted molar refractivity (Wildman–Crippen MR) is 74.3 cm³/mol. The maximum absolute atomic E-state index is 13.3. The fourth-order valence-corrected chi connectivity index (χ4v) is 2.04. The van der Waals surface area contributed by atoms with Gasteiger partial charge in [-0.3, -0.25) is 9.20 Å². The van der Waals surface area contributed by atoms with Gasteiger partial charge in [-0.15, -0.1) is 0 Å². The highest BCUT2D eigenvalue weighted by atomic mass is 19.1. The van der Waals surface area contributed by atoms with Crippen molar-refractivity contribution in [3.8, 4) is 0 Å². The lowest BCUT2D eigenvalue weighted by Crippen LogP contribution is -2.14. The largest absolute Gasteiger partial charge is 0.321 e. The van der Waals surface area contributed by atoms with Gasteiger partial charge in [-0.25, -0.2) is 9.37 Å². The fourth-order valence-electron chi connectivity index (χ4n) is 2.04. The van der Waals surface area contributed by atoms with Gasteiger partial charge in [0.1, 0.15) is 17.2 Å². The number of fused-ring (bicyclic) bond motifs is 1. The van der Waals surface area contributed by atoms with Gasteiger partial charge in [0.2, 0.25) is 0 Å². The van der Waals surface area contributed by atoms with Crippen LogP contribution >= 0.6 is 0 Å². The Balaban J connectivity index is 1.94. The Morgan fingerprint density at radius 2 is 2.15 bits per heavy atom. The van der Waals surface area contributed by atoms with Crippen molar-refractivity contribution in [3.63, 3.8) is 0 Å². The first-order chi connectivity index (χ1) is 9.63. The first-order valence-corrected chi connectivity index (χ1v) is 6.14. The van der Waals surface area contributed by atoms with E-state index in [4.69, 9.17) is 0 Å². The first kappa shape index (κ1) is 12.3. The van der Waals surface area contributed by atoms with E-state index in [-0.39, 0.29) is 5.91 Å². The molecule has 5 heteroatoms. The third-order valence-electron chi connectivity index (χ3n) is 2.98. The molecule has 3 rings (SSSR count). The molecule has 100 valence electrons. The summed E-state index contributed by atoms with van der Waals surface area (Å²) in [5.41, 5.74) is 2.56. The Labute approximate surface area is 114 Å². The highest BCUT2D eigenvalue weighted by molar-refractivity contribution is 6.03. The molecule has 0 saturated carbocycles. The van der Waals surface area contributed by atoms with Crippen LogP contribution in [0.15, 0.2) is 48.8 Å². The maximum Gasteiger partial charge on any atom is 0.274 e. The molecule has 1 aromatic carbocycles. The van der Waals surface area contributed by atoms with Gasteiger partial charge in [-0.2, -0.15) is 0 Å². The molecule has 20 heavy (non-hydrogen) atoms. The summed E-state index contributed by atoms with van der Waals surface area (Å²) in [6.45, 7) is 1.94. The van der Waals surface area contributed by atoms with Gasteiger partial charge in [-0.1, -0.05) is 12.1 Å². The standard InChI is InChI=1S/C15H12FN3O/c1-10-3-2-4-12(7-10)18-15(20)13-8-17-14-6-5-11(16)9-19(13)14/h2-9H,1H3,(H,18,20). The van der Waals surface area contributed by atoms with E-state index in [1.54, 1.807) is 6.07 Å². The number of halogens is 1. The molecular formula is C15H12FN3O. The quantitative estimate of drug-likeness (QED) is 0.777. The summed E-state index contributed by atoms with van der Waals surface area (Å²) in [6.07, 6.45) is 2.67. The zero-order valence-corrected chi connectivity index (χ0v) is 10.8. The number of anilines is 1. The number of pyridine rings is 1. The summed E-state index contributed by atoms with van der Waals surface area (Å²) in [5, 5.41) is 2.77. The second-order valence-electron chi connectivity index (χ2n) is 4.54. The number of amides is 1. The van der Waals surface area contributed by atoms with E-state index >= 15 is 0 Å². The zero-order valence-electron chi connectivity index (χ0n) is 10.8. The van der Waals surface area contributed by atoms with Gasteiger partial charge in [0.05, 0.1) is 6.20 Å². The summed E-state index contributed by atoms with van der Waals surface area (Å²) in [4.78, 5) is 16.3. The SMILES string of the molecule is Cc1cccc(NC(=O)c2cnc3ccc(F)cn23)c1. The van der Waals surface area contributed by atoms with Crippen molar-refractivity contribution < 1.29 is 9.18 Å². The summed E-state index contributed by atoms with van der Waals surface area (Å²) < 4.78 is 14.7. The minimum Gasteiger partial charge on any atom is -0.321 e. The third-order valence-corrected chi connectivity index (χ3v) is 2.98. The van der Waals surface area contributed by atoms with Crippen LogP contribution in [0.4, 0.5) is 10.1 Å². The molecule has 0 atom stereocenters. The minimum absolute atomic E-state index is 0.293. The van der Waals surface area contributed by atoms with Crippen LogP contribution in [0, 0.1) is 12.7 Å². The van der Waals surface area contributed by atoms with Crippen LogP contribution < -0.4 is 5.32 Å².